The van der Waals surface area contributed by atoms with E-state index in [1.165, 1.54) is 49.3 Å². The Kier molecular flexibility index (Phi) is 9.13. The summed E-state index contributed by atoms with van der Waals surface area (Å²) in [4.78, 5) is 7.78. The van der Waals surface area contributed by atoms with Crippen molar-refractivity contribution < 1.29 is 4.42 Å². The zero-order valence-electron chi connectivity index (χ0n) is 37.8. The van der Waals surface area contributed by atoms with Gasteiger partial charge in [-0.2, -0.15) is 0 Å². The maximum atomic E-state index is 6.66. The van der Waals surface area contributed by atoms with Crippen LogP contribution in [-0.2, 0) is 6.42 Å². The van der Waals surface area contributed by atoms with Crippen LogP contribution in [0, 0.1) is 11.8 Å². The molecule has 0 fully saturated rings. The number of rotatable bonds is 7. The molecule has 14 rings (SSSR count). The van der Waals surface area contributed by atoms with Gasteiger partial charge in [-0.25, -0.2) is 4.98 Å². The molecular weight excluding hydrogens is 839 g/mol. The number of aryl methyl sites for hydroxylation is 1. The normalized spacial score (nSPS) is 15.8. The fourth-order valence-electron chi connectivity index (χ4n) is 11.2. The van der Waals surface area contributed by atoms with Crippen LogP contribution in [0.3, 0.4) is 0 Å². The van der Waals surface area contributed by atoms with Gasteiger partial charge in [-0.3, -0.25) is 0 Å². The number of benzene rings is 8. The van der Waals surface area contributed by atoms with Gasteiger partial charge in [-0.1, -0.05) is 152 Å². The molecule has 4 heteroatoms. The lowest BCUT2D eigenvalue weighted by atomic mass is 9.85. The van der Waals surface area contributed by atoms with Gasteiger partial charge in [0.05, 0.1) is 22.2 Å². The van der Waals surface area contributed by atoms with E-state index < -0.39 is 0 Å². The first-order valence-corrected chi connectivity index (χ1v) is 24.1. The Balaban J connectivity index is 0.911. The van der Waals surface area contributed by atoms with Crippen molar-refractivity contribution >= 4 is 79.0 Å². The molecule has 326 valence electrons. The van der Waals surface area contributed by atoms with E-state index in [1.807, 2.05) is 0 Å². The highest BCUT2D eigenvalue weighted by Gasteiger charge is 2.23. The van der Waals surface area contributed by atoms with Crippen LogP contribution in [-0.4, -0.2) is 9.55 Å². The zero-order chi connectivity index (χ0) is 45.4. The second-order valence-corrected chi connectivity index (χ2v) is 18.6. The van der Waals surface area contributed by atoms with E-state index in [2.05, 4.69) is 246 Å². The Morgan fingerprint density at radius 1 is 0.551 bits per heavy atom. The highest BCUT2D eigenvalue weighted by Crippen LogP contribution is 2.43. The van der Waals surface area contributed by atoms with E-state index in [0.29, 0.717) is 11.8 Å². The summed E-state index contributed by atoms with van der Waals surface area (Å²) >= 11 is 0. The average molecular weight is 884 g/mol. The third-order valence-electron chi connectivity index (χ3n) is 14.5. The predicted molar refractivity (Wildman–Crippen MR) is 288 cm³/mol. The first-order valence-electron chi connectivity index (χ1n) is 24.1. The van der Waals surface area contributed by atoms with Crippen molar-refractivity contribution in [2.24, 2.45) is 11.8 Å². The summed E-state index contributed by atoms with van der Waals surface area (Å²) in [7, 11) is 0. The van der Waals surface area contributed by atoms with Crippen molar-refractivity contribution in [2.45, 2.75) is 12.8 Å². The number of nitrogens with zero attached hydrogens (tertiary/aromatic N) is 3. The van der Waals surface area contributed by atoms with E-state index in [0.717, 1.165) is 85.3 Å². The van der Waals surface area contributed by atoms with Gasteiger partial charge in [0.1, 0.15) is 11.0 Å². The molecule has 0 amide bonds. The molecule has 0 bridgehead atoms. The van der Waals surface area contributed by atoms with E-state index in [1.54, 1.807) is 0 Å². The van der Waals surface area contributed by atoms with Gasteiger partial charge in [-0.15, -0.1) is 0 Å². The van der Waals surface area contributed by atoms with Crippen LogP contribution in [0.2, 0.25) is 0 Å². The van der Waals surface area contributed by atoms with Crippen molar-refractivity contribution in [3.05, 3.63) is 240 Å². The lowest BCUT2D eigenvalue weighted by Crippen LogP contribution is -2.29. The highest BCUT2D eigenvalue weighted by molar-refractivity contribution is 6.13. The average Bonchev–Trinajstić information content (AvgIpc) is 3.95. The van der Waals surface area contributed by atoms with Gasteiger partial charge in [-0.05, 0) is 120 Å². The van der Waals surface area contributed by atoms with Crippen LogP contribution < -0.4 is 15.5 Å². The van der Waals surface area contributed by atoms with Gasteiger partial charge in [0.25, 0.3) is 0 Å². The maximum absolute atomic E-state index is 6.66. The molecule has 2 unspecified atom stereocenters. The molecule has 0 saturated carbocycles. The van der Waals surface area contributed by atoms with Gasteiger partial charge >= 0.3 is 0 Å². The molecule has 0 radical (unpaired) electrons. The third-order valence-corrected chi connectivity index (χ3v) is 14.5. The number of fused-ring (bicyclic) bond motifs is 10. The number of pyridine rings is 1. The van der Waals surface area contributed by atoms with Crippen molar-refractivity contribution in [3.8, 4) is 39.2 Å². The molecular formula is C65H45N3O. The third kappa shape index (κ3) is 6.63. The molecule has 0 spiro atoms. The summed E-state index contributed by atoms with van der Waals surface area (Å²) in [6.07, 6.45) is 20.2. The van der Waals surface area contributed by atoms with Gasteiger partial charge in [0.2, 0.25) is 0 Å². The second kappa shape index (κ2) is 16.0. The molecule has 3 heterocycles. The molecule has 0 aliphatic heterocycles. The number of allylic oxidation sites excluding steroid dienone is 5. The van der Waals surface area contributed by atoms with Crippen LogP contribution in [0.1, 0.15) is 17.5 Å². The summed E-state index contributed by atoms with van der Waals surface area (Å²) in [6, 6.07) is 68.2. The first kappa shape index (κ1) is 39.4. The standard InChI is InChI=1S/C65H45N3O/c1-3-13-42(14-4-1)43-23-29-51(30-24-43)67(53-33-35-55-58-37-46-16-7-8-17-47(46)40-62(58)69-63(55)41-53)52-31-25-45(26-32-52)65-57(38-49-18-10-12-22-59(49)66-65)48-27-34-56-61(39-48)68(50-19-5-2-6-20-50)60-36-28-44-15-9-11-21-54(44)64(56)60/h1-10,12-20,22-41,46-47H,11,21H2. The van der Waals surface area contributed by atoms with E-state index in [9.17, 15) is 0 Å². The molecule has 3 aromatic heterocycles. The quantitative estimate of drug-likeness (QED) is 0.160. The van der Waals surface area contributed by atoms with Gasteiger partial charge < -0.3 is 13.9 Å². The summed E-state index contributed by atoms with van der Waals surface area (Å²) < 4.78 is 9.11. The Morgan fingerprint density at radius 2 is 1.23 bits per heavy atom. The van der Waals surface area contributed by atoms with E-state index in [-0.39, 0.29) is 0 Å². The fourth-order valence-corrected chi connectivity index (χ4v) is 11.2. The van der Waals surface area contributed by atoms with Crippen LogP contribution >= 0.6 is 0 Å². The van der Waals surface area contributed by atoms with Crippen LogP contribution in [0.15, 0.2) is 223 Å². The van der Waals surface area contributed by atoms with Crippen molar-refractivity contribution in [3.63, 3.8) is 0 Å². The number of para-hydroxylation sites is 2. The van der Waals surface area contributed by atoms with Gasteiger partial charge in [0.15, 0.2) is 0 Å². The summed E-state index contributed by atoms with van der Waals surface area (Å²) in [5.74, 6) is 0.649. The summed E-state index contributed by atoms with van der Waals surface area (Å²) in [6.45, 7) is 0. The lowest BCUT2D eigenvalue weighted by molar-refractivity contribution is 0.561. The van der Waals surface area contributed by atoms with Crippen LogP contribution in [0.5, 0.6) is 0 Å². The predicted octanol–water partition coefficient (Wildman–Crippen LogP) is 15.4. The maximum Gasteiger partial charge on any atom is 0.137 e. The van der Waals surface area contributed by atoms with Crippen molar-refractivity contribution in [1.82, 2.24) is 9.55 Å². The monoisotopic (exact) mass is 883 g/mol. The number of hydrogen-bond acceptors (Lipinski definition) is 3. The Hall–Kier alpha value is -8.73. The molecule has 8 aromatic carbocycles. The Morgan fingerprint density at radius 3 is 2.04 bits per heavy atom. The zero-order valence-corrected chi connectivity index (χ0v) is 37.8. The van der Waals surface area contributed by atoms with Gasteiger partial charge in [0, 0.05) is 78.5 Å². The number of aromatic nitrogens is 2. The molecule has 2 atom stereocenters. The number of hydrogen-bond donors (Lipinski definition) is 0. The first-order chi connectivity index (χ1) is 34.2. The van der Waals surface area contributed by atoms with E-state index >= 15 is 0 Å². The smallest absolute Gasteiger partial charge is 0.137 e. The number of anilines is 3. The molecule has 0 saturated heterocycles. The molecule has 69 heavy (non-hydrogen) atoms. The largest absolute Gasteiger partial charge is 0.456 e. The molecule has 3 aliphatic carbocycles. The second-order valence-electron chi connectivity index (χ2n) is 18.6. The molecule has 3 aliphatic rings. The summed E-state index contributed by atoms with van der Waals surface area (Å²) in [5, 5.41) is 6.05. The minimum Gasteiger partial charge on any atom is -0.456 e. The van der Waals surface area contributed by atoms with Crippen LogP contribution in [0.25, 0.3) is 101 Å². The number of furan rings is 1. The molecule has 0 N–H and O–H groups in total. The minimum absolute atomic E-state index is 0.310. The minimum atomic E-state index is 0.310. The highest BCUT2D eigenvalue weighted by atomic mass is 16.3. The van der Waals surface area contributed by atoms with E-state index in [4.69, 9.17) is 9.40 Å². The van der Waals surface area contributed by atoms with Crippen molar-refractivity contribution in [1.29, 1.82) is 0 Å². The van der Waals surface area contributed by atoms with Crippen molar-refractivity contribution in [2.75, 3.05) is 4.90 Å². The lowest BCUT2D eigenvalue weighted by Gasteiger charge is -2.26. The van der Waals surface area contributed by atoms with Crippen LogP contribution in [0.4, 0.5) is 17.1 Å². The summed E-state index contributed by atoms with van der Waals surface area (Å²) in [5.41, 5.74) is 18.8. The fraction of sp³-hybridized carbons (Fsp3) is 0.0615. The molecule has 11 aromatic rings. The topological polar surface area (TPSA) is 34.2 Å². The molecule has 4 nitrogen and oxygen atoms in total. The Labute approximate surface area is 400 Å². The SMILES string of the molecule is C1=CC2C=c3oc4cc(N(c5ccc(-c6ccccc6)cc5)c5ccc(-c6nc7ccccc7cc6-c6ccc7c8c9c(ccc8n(-c8ccccc8)c7c6)C=CCC9)cc5)ccc4c3=CC2C=C1. The Bertz CT molecular complexity index is 4060.